The fraction of sp³-hybridized carbons (Fsp3) is 0.174. The van der Waals surface area contributed by atoms with Gasteiger partial charge in [-0.3, -0.25) is 9.56 Å². The van der Waals surface area contributed by atoms with Crippen molar-refractivity contribution in [3.63, 3.8) is 0 Å². The SMILES string of the molecule is Cc1sc2c(c1C)C(c1ccc(Nc3ccc(F)cc3F)cc1)=NCc1nnc(C)n1-2. The second-order valence-electron chi connectivity index (χ2n) is 7.45. The van der Waals surface area contributed by atoms with E-state index in [9.17, 15) is 8.78 Å². The smallest absolute Gasteiger partial charge is 0.160 e. The summed E-state index contributed by atoms with van der Waals surface area (Å²) in [6, 6.07) is 11.1. The number of aromatic nitrogens is 3. The first kappa shape index (κ1) is 19.6. The van der Waals surface area contributed by atoms with Gasteiger partial charge in [-0.1, -0.05) is 12.1 Å². The van der Waals surface area contributed by atoms with Gasteiger partial charge in [0.05, 0.1) is 11.4 Å². The van der Waals surface area contributed by atoms with Crippen LogP contribution < -0.4 is 5.32 Å². The van der Waals surface area contributed by atoms with Crippen LogP contribution in [0.1, 0.15) is 33.2 Å². The van der Waals surface area contributed by atoms with Gasteiger partial charge in [-0.05, 0) is 50.6 Å². The molecule has 1 N–H and O–H groups in total. The van der Waals surface area contributed by atoms with Gasteiger partial charge in [-0.2, -0.15) is 0 Å². The molecule has 0 radical (unpaired) electrons. The lowest BCUT2D eigenvalue weighted by Crippen LogP contribution is -2.07. The maximum atomic E-state index is 14.0. The van der Waals surface area contributed by atoms with E-state index in [1.165, 1.54) is 22.6 Å². The molecule has 2 aromatic heterocycles. The highest BCUT2D eigenvalue weighted by Crippen LogP contribution is 2.36. The van der Waals surface area contributed by atoms with Gasteiger partial charge in [0.1, 0.15) is 29.0 Å². The predicted molar refractivity (Wildman–Crippen MR) is 119 cm³/mol. The van der Waals surface area contributed by atoms with Crippen LogP contribution in [0.2, 0.25) is 0 Å². The summed E-state index contributed by atoms with van der Waals surface area (Å²) in [5.74, 6) is 0.423. The van der Waals surface area contributed by atoms with Crippen molar-refractivity contribution in [1.82, 2.24) is 14.8 Å². The van der Waals surface area contributed by atoms with E-state index >= 15 is 0 Å². The van der Waals surface area contributed by atoms with Gasteiger partial charge in [-0.15, -0.1) is 21.5 Å². The minimum atomic E-state index is -0.635. The molecular formula is C23H19F2N5S. The van der Waals surface area contributed by atoms with E-state index in [-0.39, 0.29) is 5.69 Å². The largest absolute Gasteiger partial charge is 0.353 e. The number of rotatable bonds is 3. The topological polar surface area (TPSA) is 55.1 Å². The van der Waals surface area contributed by atoms with Gasteiger partial charge < -0.3 is 5.32 Å². The summed E-state index contributed by atoms with van der Waals surface area (Å²) >= 11 is 1.72. The van der Waals surface area contributed by atoms with Crippen molar-refractivity contribution in [3.05, 3.63) is 87.3 Å². The molecule has 1 aliphatic rings. The molecule has 0 aliphatic carbocycles. The molecule has 0 saturated heterocycles. The van der Waals surface area contributed by atoms with Crippen LogP contribution in [0, 0.1) is 32.4 Å². The Morgan fingerprint density at radius 1 is 1.00 bits per heavy atom. The Labute approximate surface area is 182 Å². The number of halogens is 2. The van der Waals surface area contributed by atoms with Crippen molar-refractivity contribution < 1.29 is 8.78 Å². The van der Waals surface area contributed by atoms with E-state index in [1.807, 2.05) is 31.2 Å². The van der Waals surface area contributed by atoms with Gasteiger partial charge in [-0.25, -0.2) is 8.78 Å². The van der Waals surface area contributed by atoms with E-state index < -0.39 is 11.6 Å². The van der Waals surface area contributed by atoms with Crippen LogP contribution in [0.3, 0.4) is 0 Å². The number of fused-ring (bicyclic) bond motifs is 3. The van der Waals surface area contributed by atoms with Crippen molar-refractivity contribution in [1.29, 1.82) is 0 Å². The zero-order valence-corrected chi connectivity index (χ0v) is 18.0. The summed E-state index contributed by atoms with van der Waals surface area (Å²) in [6.45, 7) is 6.61. The number of nitrogens with zero attached hydrogens (tertiary/aromatic N) is 4. The van der Waals surface area contributed by atoms with E-state index in [4.69, 9.17) is 4.99 Å². The summed E-state index contributed by atoms with van der Waals surface area (Å²) in [6.07, 6.45) is 0. The Bertz CT molecular complexity index is 1340. The highest BCUT2D eigenvalue weighted by molar-refractivity contribution is 7.15. The molecule has 0 spiro atoms. The first-order chi connectivity index (χ1) is 14.9. The summed E-state index contributed by atoms with van der Waals surface area (Å²) < 4.78 is 29.2. The van der Waals surface area contributed by atoms with Crippen LogP contribution in [0.25, 0.3) is 5.00 Å². The van der Waals surface area contributed by atoms with Gasteiger partial charge in [0.25, 0.3) is 0 Å². The van der Waals surface area contributed by atoms with Gasteiger partial charge in [0.2, 0.25) is 0 Å². The minimum Gasteiger partial charge on any atom is -0.353 e. The molecule has 4 aromatic rings. The Kier molecular flexibility index (Phi) is 4.66. The molecule has 5 rings (SSSR count). The first-order valence-corrected chi connectivity index (χ1v) is 10.6. The molecule has 2 aromatic carbocycles. The monoisotopic (exact) mass is 435 g/mol. The number of anilines is 2. The summed E-state index contributed by atoms with van der Waals surface area (Å²) in [5.41, 5.74) is 5.07. The standard InChI is InChI=1S/C23H19F2N5S/c1-12-13(2)31-23-21(12)22(26-11-20-29-28-14(3)30(20)23)15-4-7-17(8-5-15)27-19-9-6-16(24)10-18(19)25/h4-10,27H,11H2,1-3H3. The highest BCUT2D eigenvalue weighted by atomic mass is 32.1. The van der Waals surface area contributed by atoms with Crippen LogP contribution in [0.15, 0.2) is 47.5 Å². The van der Waals surface area contributed by atoms with Crippen molar-refractivity contribution >= 4 is 28.4 Å². The number of thiophene rings is 1. The molecule has 3 heterocycles. The molecule has 0 fully saturated rings. The van der Waals surface area contributed by atoms with Gasteiger partial charge in [0, 0.05) is 27.8 Å². The lowest BCUT2D eigenvalue weighted by Gasteiger charge is -2.11. The minimum absolute atomic E-state index is 0.223. The van der Waals surface area contributed by atoms with E-state index in [1.54, 1.807) is 11.3 Å². The quantitative estimate of drug-likeness (QED) is 0.454. The number of hydrogen-bond donors (Lipinski definition) is 1. The number of aliphatic imine (C=N–C) groups is 1. The zero-order valence-electron chi connectivity index (χ0n) is 17.2. The summed E-state index contributed by atoms with van der Waals surface area (Å²) in [5, 5.41) is 12.6. The van der Waals surface area contributed by atoms with Crippen molar-refractivity contribution in [2.24, 2.45) is 4.99 Å². The lowest BCUT2D eigenvalue weighted by atomic mass is 9.99. The van der Waals surface area contributed by atoms with E-state index in [0.29, 0.717) is 12.2 Å². The third kappa shape index (κ3) is 3.33. The number of hydrogen-bond acceptors (Lipinski definition) is 5. The molecule has 0 atom stereocenters. The third-order valence-electron chi connectivity index (χ3n) is 5.45. The molecule has 0 amide bonds. The molecule has 8 heteroatoms. The van der Waals surface area contributed by atoms with Crippen LogP contribution in [0.5, 0.6) is 0 Å². The van der Waals surface area contributed by atoms with Gasteiger partial charge in [0.15, 0.2) is 5.82 Å². The molecule has 0 unspecified atom stereocenters. The molecular weight excluding hydrogens is 416 g/mol. The maximum Gasteiger partial charge on any atom is 0.160 e. The lowest BCUT2D eigenvalue weighted by molar-refractivity contribution is 0.586. The fourth-order valence-corrected chi connectivity index (χ4v) is 4.97. The highest BCUT2D eigenvalue weighted by Gasteiger charge is 2.26. The second-order valence-corrected chi connectivity index (χ2v) is 8.66. The second kappa shape index (κ2) is 7.39. The maximum absolute atomic E-state index is 14.0. The molecule has 1 aliphatic heterocycles. The van der Waals surface area contributed by atoms with Crippen molar-refractivity contribution in [2.75, 3.05) is 5.32 Å². The molecule has 5 nitrogen and oxygen atoms in total. The summed E-state index contributed by atoms with van der Waals surface area (Å²) in [7, 11) is 0. The van der Waals surface area contributed by atoms with Crippen LogP contribution in [0.4, 0.5) is 20.2 Å². The van der Waals surface area contributed by atoms with Gasteiger partial charge >= 0.3 is 0 Å². The van der Waals surface area contributed by atoms with Crippen LogP contribution in [-0.4, -0.2) is 20.5 Å². The molecule has 0 bridgehead atoms. The average Bonchev–Trinajstić information content (AvgIpc) is 3.19. The normalized spacial score (nSPS) is 12.7. The zero-order chi connectivity index (χ0) is 21.7. The Balaban J connectivity index is 1.53. The predicted octanol–water partition coefficient (Wildman–Crippen LogP) is 5.63. The third-order valence-corrected chi connectivity index (χ3v) is 6.64. The fourth-order valence-electron chi connectivity index (χ4n) is 3.74. The Morgan fingerprint density at radius 2 is 1.77 bits per heavy atom. The number of aryl methyl sites for hydroxylation is 2. The van der Waals surface area contributed by atoms with Crippen LogP contribution in [-0.2, 0) is 6.54 Å². The molecule has 31 heavy (non-hydrogen) atoms. The first-order valence-electron chi connectivity index (χ1n) is 9.81. The van der Waals surface area contributed by atoms with Crippen molar-refractivity contribution in [3.8, 4) is 5.00 Å². The Morgan fingerprint density at radius 3 is 2.52 bits per heavy atom. The van der Waals surface area contributed by atoms with Crippen LogP contribution >= 0.6 is 11.3 Å². The Hall–Kier alpha value is -3.39. The molecule has 156 valence electrons. The van der Waals surface area contributed by atoms with Crippen molar-refractivity contribution in [2.45, 2.75) is 27.3 Å². The summed E-state index contributed by atoms with van der Waals surface area (Å²) in [4.78, 5) is 6.10. The number of nitrogens with one attached hydrogen (secondary N) is 1. The average molecular weight is 436 g/mol. The molecule has 0 saturated carbocycles. The van der Waals surface area contributed by atoms with E-state index in [2.05, 4.69) is 33.9 Å². The van der Waals surface area contributed by atoms with E-state index in [0.717, 1.165) is 39.6 Å². The number of benzene rings is 2.